The third-order valence-corrected chi connectivity index (χ3v) is 3.62. The number of anilines is 1. The van der Waals surface area contributed by atoms with E-state index < -0.39 is 11.9 Å². The van der Waals surface area contributed by atoms with Gasteiger partial charge in [-0.1, -0.05) is 13.8 Å². The molecule has 7 heteroatoms. The Morgan fingerprint density at radius 1 is 1.33 bits per heavy atom. The van der Waals surface area contributed by atoms with E-state index in [-0.39, 0.29) is 17.5 Å². The molecule has 0 aromatic carbocycles. The second kappa shape index (κ2) is 4.08. The fourth-order valence-corrected chi connectivity index (χ4v) is 1.94. The fourth-order valence-electron chi connectivity index (χ4n) is 1.94. The van der Waals surface area contributed by atoms with Gasteiger partial charge in [-0.05, 0) is 18.6 Å². The lowest BCUT2D eigenvalue weighted by Gasteiger charge is -2.50. The predicted octanol–water partition coefficient (Wildman–Crippen LogP) is 2.03. The van der Waals surface area contributed by atoms with Crippen molar-refractivity contribution >= 4 is 5.82 Å². The number of alkyl halides is 3. The molecule has 2 unspecified atom stereocenters. The zero-order valence-corrected chi connectivity index (χ0v) is 10.1. The van der Waals surface area contributed by atoms with Crippen LogP contribution in [0, 0.1) is 5.41 Å². The normalized spacial score (nSPS) is 26.6. The summed E-state index contributed by atoms with van der Waals surface area (Å²) in [6, 6.07) is 2.41. The molecule has 1 saturated carbocycles. The highest BCUT2D eigenvalue weighted by Crippen LogP contribution is 2.40. The molecule has 2 rings (SSSR count). The van der Waals surface area contributed by atoms with Crippen LogP contribution < -0.4 is 11.1 Å². The molecule has 1 aromatic rings. The molecule has 0 amide bonds. The van der Waals surface area contributed by atoms with E-state index in [2.05, 4.69) is 15.5 Å². The largest absolute Gasteiger partial charge is 0.435 e. The highest BCUT2D eigenvalue weighted by Gasteiger charge is 2.46. The quantitative estimate of drug-likeness (QED) is 0.854. The minimum atomic E-state index is -4.45. The molecule has 100 valence electrons. The average Bonchev–Trinajstić information content (AvgIpc) is 2.28. The first-order chi connectivity index (χ1) is 8.21. The van der Waals surface area contributed by atoms with Crippen molar-refractivity contribution in [2.45, 2.75) is 38.5 Å². The molecular formula is C11H15F3N4. The van der Waals surface area contributed by atoms with E-state index in [1.165, 1.54) is 6.07 Å². The van der Waals surface area contributed by atoms with Gasteiger partial charge in [-0.15, -0.1) is 10.2 Å². The van der Waals surface area contributed by atoms with Gasteiger partial charge in [0.15, 0.2) is 5.69 Å². The monoisotopic (exact) mass is 260 g/mol. The molecule has 0 bridgehead atoms. The summed E-state index contributed by atoms with van der Waals surface area (Å²) in [5, 5.41) is 9.75. The molecule has 1 fully saturated rings. The molecule has 1 aliphatic rings. The number of rotatable bonds is 2. The first-order valence-electron chi connectivity index (χ1n) is 5.64. The van der Waals surface area contributed by atoms with Gasteiger partial charge in [0.05, 0.1) is 0 Å². The van der Waals surface area contributed by atoms with E-state index in [0.29, 0.717) is 5.82 Å². The highest BCUT2D eigenvalue weighted by molar-refractivity contribution is 5.37. The smallest absolute Gasteiger partial charge is 0.365 e. The molecule has 3 N–H and O–H groups in total. The lowest BCUT2D eigenvalue weighted by Crippen LogP contribution is -2.61. The minimum Gasteiger partial charge on any atom is -0.365 e. The van der Waals surface area contributed by atoms with Gasteiger partial charge in [-0.25, -0.2) is 0 Å². The first kappa shape index (κ1) is 13.1. The summed E-state index contributed by atoms with van der Waals surface area (Å²) in [5.41, 5.74) is 4.78. The number of nitrogens with zero attached hydrogens (tertiary/aromatic N) is 2. The summed E-state index contributed by atoms with van der Waals surface area (Å²) in [4.78, 5) is 0. The van der Waals surface area contributed by atoms with Gasteiger partial charge in [0.25, 0.3) is 0 Å². The van der Waals surface area contributed by atoms with Crippen LogP contribution in [-0.2, 0) is 6.18 Å². The second-order valence-corrected chi connectivity index (χ2v) is 5.16. The Morgan fingerprint density at radius 2 is 2.00 bits per heavy atom. The maximum absolute atomic E-state index is 12.3. The van der Waals surface area contributed by atoms with Crippen molar-refractivity contribution in [2.75, 3.05) is 5.32 Å². The maximum Gasteiger partial charge on any atom is 0.435 e. The highest BCUT2D eigenvalue weighted by atomic mass is 19.4. The summed E-state index contributed by atoms with van der Waals surface area (Å²) in [7, 11) is 0. The number of aromatic nitrogens is 2. The molecule has 0 aliphatic heterocycles. The summed E-state index contributed by atoms with van der Waals surface area (Å²) >= 11 is 0. The molecule has 0 saturated heterocycles. The molecule has 1 aliphatic carbocycles. The zero-order valence-electron chi connectivity index (χ0n) is 10.1. The zero-order chi connectivity index (χ0) is 13.6. The molecule has 4 nitrogen and oxygen atoms in total. The van der Waals surface area contributed by atoms with E-state index in [0.717, 1.165) is 12.5 Å². The third kappa shape index (κ3) is 2.27. The van der Waals surface area contributed by atoms with Gasteiger partial charge in [-0.2, -0.15) is 13.2 Å². The van der Waals surface area contributed by atoms with Gasteiger partial charge in [-0.3, -0.25) is 0 Å². The van der Waals surface area contributed by atoms with E-state index in [9.17, 15) is 13.2 Å². The number of halogens is 3. The van der Waals surface area contributed by atoms with Crippen LogP contribution in [0.4, 0.5) is 19.0 Å². The molecule has 2 atom stereocenters. The SMILES string of the molecule is CC1(C)C(N)CC1Nc1ccc(C(F)(F)F)nn1. The summed E-state index contributed by atoms with van der Waals surface area (Å²) in [6.45, 7) is 4.02. The molecule has 1 heterocycles. The Kier molecular flexibility index (Phi) is 2.96. The lowest BCUT2D eigenvalue weighted by atomic mass is 9.63. The molecule has 0 spiro atoms. The standard InChI is InChI=1S/C11H15F3N4/c1-10(2)6(15)5-8(10)16-9-4-3-7(17-18-9)11(12,13)14/h3-4,6,8H,5,15H2,1-2H3,(H,16,18). The average molecular weight is 260 g/mol. The lowest BCUT2D eigenvalue weighted by molar-refractivity contribution is -0.141. The summed E-state index contributed by atoms with van der Waals surface area (Å²) in [5.74, 6) is 0.341. The van der Waals surface area contributed by atoms with Crippen LogP contribution in [-0.4, -0.2) is 22.3 Å². The van der Waals surface area contributed by atoms with E-state index in [1.54, 1.807) is 0 Å². The van der Waals surface area contributed by atoms with Crippen molar-refractivity contribution in [1.29, 1.82) is 0 Å². The minimum absolute atomic E-state index is 0.0929. The van der Waals surface area contributed by atoms with E-state index in [1.807, 2.05) is 13.8 Å². The van der Waals surface area contributed by atoms with Crippen LogP contribution in [0.2, 0.25) is 0 Å². The van der Waals surface area contributed by atoms with Crippen LogP contribution in [0.1, 0.15) is 26.0 Å². The van der Waals surface area contributed by atoms with Gasteiger partial charge < -0.3 is 11.1 Å². The first-order valence-corrected chi connectivity index (χ1v) is 5.64. The molecule has 18 heavy (non-hydrogen) atoms. The van der Waals surface area contributed by atoms with Crippen molar-refractivity contribution < 1.29 is 13.2 Å². The molecule has 1 aromatic heterocycles. The van der Waals surface area contributed by atoms with Gasteiger partial charge in [0.2, 0.25) is 0 Å². The maximum atomic E-state index is 12.3. The van der Waals surface area contributed by atoms with E-state index >= 15 is 0 Å². The number of hydrogen-bond donors (Lipinski definition) is 2. The molecule has 0 radical (unpaired) electrons. The van der Waals surface area contributed by atoms with Crippen LogP contribution in [0.15, 0.2) is 12.1 Å². The van der Waals surface area contributed by atoms with E-state index in [4.69, 9.17) is 5.73 Å². The Hall–Kier alpha value is -1.37. The summed E-state index contributed by atoms with van der Waals surface area (Å²) in [6.07, 6.45) is -3.68. The fraction of sp³-hybridized carbons (Fsp3) is 0.636. The number of nitrogens with two attached hydrogens (primary N) is 1. The van der Waals surface area contributed by atoms with Crippen LogP contribution in [0.5, 0.6) is 0 Å². The van der Waals surface area contributed by atoms with Gasteiger partial charge in [0, 0.05) is 17.5 Å². The molecular weight excluding hydrogens is 245 g/mol. The Morgan fingerprint density at radius 3 is 2.39 bits per heavy atom. The van der Waals surface area contributed by atoms with Crippen molar-refractivity contribution in [3.63, 3.8) is 0 Å². The summed E-state index contributed by atoms with van der Waals surface area (Å²) < 4.78 is 36.9. The van der Waals surface area contributed by atoms with Crippen LogP contribution in [0.25, 0.3) is 0 Å². The Labute approximate surface area is 103 Å². The predicted molar refractivity (Wildman–Crippen MR) is 60.8 cm³/mol. The van der Waals surface area contributed by atoms with Gasteiger partial charge >= 0.3 is 6.18 Å². The van der Waals surface area contributed by atoms with Crippen LogP contribution >= 0.6 is 0 Å². The van der Waals surface area contributed by atoms with Crippen molar-refractivity contribution in [1.82, 2.24) is 10.2 Å². The Bertz CT molecular complexity index is 427. The van der Waals surface area contributed by atoms with Crippen LogP contribution in [0.3, 0.4) is 0 Å². The topological polar surface area (TPSA) is 63.8 Å². The number of nitrogens with one attached hydrogen (secondary N) is 1. The second-order valence-electron chi connectivity index (χ2n) is 5.16. The number of hydrogen-bond acceptors (Lipinski definition) is 4. The van der Waals surface area contributed by atoms with Crippen molar-refractivity contribution in [3.8, 4) is 0 Å². The van der Waals surface area contributed by atoms with Gasteiger partial charge in [0.1, 0.15) is 5.82 Å². The Balaban J connectivity index is 2.04. The van der Waals surface area contributed by atoms with Crippen molar-refractivity contribution in [2.24, 2.45) is 11.1 Å². The third-order valence-electron chi connectivity index (χ3n) is 3.62. The van der Waals surface area contributed by atoms with Crippen molar-refractivity contribution in [3.05, 3.63) is 17.8 Å².